The van der Waals surface area contributed by atoms with E-state index in [0.29, 0.717) is 0 Å². The molecule has 0 saturated carbocycles. The van der Waals surface area contributed by atoms with Gasteiger partial charge in [0.15, 0.2) is 0 Å². The van der Waals surface area contributed by atoms with E-state index >= 15 is 0 Å². The fourth-order valence-corrected chi connectivity index (χ4v) is 2.14. The number of pyridine rings is 1. The minimum Gasteiger partial charge on any atom is -0.352 e. The minimum absolute atomic E-state index is 0.906. The number of hydrogen-bond donors (Lipinski definition) is 0. The predicted molar refractivity (Wildman–Crippen MR) is 79.7 cm³/mol. The van der Waals surface area contributed by atoms with Gasteiger partial charge < -0.3 is 4.90 Å². The van der Waals surface area contributed by atoms with Crippen molar-refractivity contribution in [3.63, 3.8) is 0 Å². The third kappa shape index (κ3) is 3.57. The van der Waals surface area contributed by atoms with Crippen molar-refractivity contribution in [1.82, 2.24) is 4.98 Å². The highest BCUT2D eigenvalue weighted by Gasteiger charge is 2.07. The van der Waals surface area contributed by atoms with Gasteiger partial charge in [-0.3, -0.25) is 0 Å². The lowest BCUT2D eigenvalue weighted by Gasteiger charge is -2.23. The fraction of sp³-hybridized carbons (Fsp3) is 0.267. The molecule has 2 rings (SSSR count). The largest absolute Gasteiger partial charge is 0.352 e. The summed E-state index contributed by atoms with van der Waals surface area (Å²) in [6.45, 7) is 4.11. The Hall–Kier alpha value is -1.35. The summed E-state index contributed by atoms with van der Waals surface area (Å²) in [5, 5.41) is 0. The zero-order valence-corrected chi connectivity index (χ0v) is 12.1. The Kier molecular flexibility index (Phi) is 4.76. The van der Waals surface area contributed by atoms with Gasteiger partial charge in [0.1, 0.15) is 5.82 Å². The van der Waals surface area contributed by atoms with E-state index in [-0.39, 0.29) is 0 Å². The second kappa shape index (κ2) is 6.55. The maximum Gasteiger partial charge on any atom is 0.128 e. The van der Waals surface area contributed by atoms with Crippen molar-refractivity contribution in [3.8, 4) is 0 Å². The van der Waals surface area contributed by atoms with E-state index in [0.717, 1.165) is 29.8 Å². The molecule has 0 aliphatic rings. The van der Waals surface area contributed by atoms with Crippen LogP contribution in [0.3, 0.4) is 0 Å². The van der Waals surface area contributed by atoms with Gasteiger partial charge in [-0.25, -0.2) is 4.98 Å². The summed E-state index contributed by atoms with van der Waals surface area (Å²) in [6, 6.07) is 14.6. The normalized spacial score (nSPS) is 10.3. The van der Waals surface area contributed by atoms with Crippen molar-refractivity contribution in [3.05, 3.63) is 58.7 Å². The first-order chi connectivity index (χ1) is 8.79. The van der Waals surface area contributed by atoms with E-state index in [4.69, 9.17) is 0 Å². The molecule has 0 unspecified atom stereocenters. The fourth-order valence-electron chi connectivity index (χ4n) is 1.90. The van der Waals surface area contributed by atoms with Crippen LogP contribution in [-0.2, 0) is 6.54 Å². The average molecular weight is 305 g/mol. The van der Waals surface area contributed by atoms with Crippen LogP contribution in [0.5, 0.6) is 0 Å². The predicted octanol–water partition coefficient (Wildman–Crippen LogP) is 4.26. The number of hydrogen-bond acceptors (Lipinski definition) is 2. The summed E-state index contributed by atoms with van der Waals surface area (Å²) in [5.74, 6) is 1.03. The Labute approximate surface area is 117 Å². The average Bonchev–Trinajstić information content (AvgIpc) is 2.40. The number of rotatable bonds is 5. The van der Waals surface area contributed by atoms with E-state index < -0.39 is 0 Å². The van der Waals surface area contributed by atoms with Gasteiger partial charge in [0, 0.05) is 23.8 Å². The van der Waals surface area contributed by atoms with Crippen LogP contribution in [0.15, 0.2) is 53.1 Å². The second-order valence-corrected chi connectivity index (χ2v) is 5.16. The quantitative estimate of drug-likeness (QED) is 0.820. The number of anilines is 1. The summed E-state index contributed by atoms with van der Waals surface area (Å²) in [4.78, 5) is 6.78. The molecule has 0 bridgehead atoms. The highest BCUT2D eigenvalue weighted by molar-refractivity contribution is 9.10. The zero-order chi connectivity index (χ0) is 12.8. The summed E-state index contributed by atoms with van der Waals surface area (Å²) >= 11 is 3.42. The summed E-state index contributed by atoms with van der Waals surface area (Å²) in [7, 11) is 0. The number of nitrogens with zero attached hydrogens (tertiary/aromatic N) is 2. The van der Waals surface area contributed by atoms with Gasteiger partial charge >= 0.3 is 0 Å². The van der Waals surface area contributed by atoms with Crippen LogP contribution in [-0.4, -0.2) is 11.5 Å². The molecule has 1 aromatic carbocycles. The summed E-state index contributed by atoms with van der Waals surface area (Å²) in [6.07, 6.45) is 2.97. The molecular weight excluding hydrogens is 288 g/mol. The van der Waals surface area contributed by atoms with Crippen molar-refractivity contribution < 1.29 is 0 Å². The van der Waals surface area contributed by atoms with Crippen LogP contribution >= 0.6 is 15.9 Å². The minimum atomic E-state index is 0.906. The molecule has 94 valence electrons. The van der Waals surface area contributed by atoms with Gasteiger partial charge in [0.25, 0.3) is 0 Å². The molecule has 0 N–H and O–H groups in total. The van der Waals surface area contributed by atoms with Crippen molar-refractivity contribution in [2.24, 2.45) is 0 Å². The van der Waals surface area contributed by atoms with Gasteiger partial charge in [-0.15, -0.1) is 0 Å². The lowest BCUT2D eigenvalue weighted by molar-refractivity contribution is 0.754. The van der Waals surface area contributed by atoms with Gasteiger partial charge in [-0.2, -0.15) is 0 Å². The molecule has 0 aliphatic carbocycles. The van der Waals surface area contributed by atoms with Gasteiger partial charge in [0.2, 0.25) is 0 Å². The molecule has 3 heteroatoms. The van der Waals surface area contributed by atoms with Crippen molar-refractivity contribution in [1.29, 1.82) is 0 Å². The lowest BCUT2D eigenvalue weighted by atomic mass is 10.2. The van der Waals surface area contributed by atoms with Crippen molar-refractivity contribution in [2.45, 2.75) is 19.9 Å². The standard InChI is InChI=1S/C15H17BrN2/c1-2-10-18(12-13-6-4-3-5-7-13)15-9-8-14(16)11-17-15/h3-9,11H,2,10,12H2,1H3. The Morgan fingerprint density at radius 3 is 2.50 bits per heavy atom. The number of aromatic nitrogens is 1. The number of benzene rings is 1. The van der Waals surface area contributed by atoms with E-state index in [1.165, 1.54) is 5.56 Å². The highest BCUT2D eigenvalue weighted by atomic mass is 79.9. The van der Waals surface area contributed by atoms with Crippen LogP contribution in [0.1, 0.15) is 18.9 Å². The zero-order valence-electron chi connectivity index (χ0n) is 10.5. The first-order valence-corrected chi connectivity index (χ1v) is 6.99. The molecular formula is C15H17BrN2. The maximum absolute atomic E-state index is 4.47. The van der Waals surface area contributed by atoms with Crippen LogP contribution in [0.4, 0.5) is 5.82 Å². The third-order valence-corrected chi connectivity index (χ3v) is 3.21. The van der Waals surface area contributed by atoms with Crippen molar-refractivity contribution in [2.75, 3.05) is 11.4 Å². The van der Waals surface area contributed by atoms with Crippen LogP contribution in [0.25, 0.3) is 0 Å². The molecule has 0 spiro atoms. The van der Waals surface area contributed by atoms with Crippen LogP contribution < -0.4 is 4.90 Å². The lowest BCUT2D eigenvalue weighted by Crippen LogP contribution is -2.24. The third-order valence-electron chi connectivity index (χ3n) is 2.75. The smallest absolute Gasteiger partial charge is 0.128 e. The van der Waals surface area contributed by atoms with Crippen LogP contribution in [0, 0.1) is 0 Å². The van der Waals surface area contributed by atoms with E-state index in [1.54, 1.807) is 0 Å². The molecule has 0 aliphatic heterocycles. The first kappa shape index (κ1) is 13.1. The molecule has 2 nitrogen and oxygen atoms in total. The Bertz CT molecular complexity index is 468. The molecule has 0 saturated heterocycles. The number of halogens is 1. The first-order valence-electron chi connectivity index (χ1n) is 6.20. The van der Waals surface area contributed by atoms with Crippen molar-refractivity contribution >= 4 is 21.7 Å². The second-order valence-electron chi connectivity index (χ2n) is 4.24. The highest BCUT2D eigenvalue weighted by Crippen LogP contribution is 2.17. The molecule has 0 atom stereocenters. The topological polar surface area (TPSA) is 16.1 Å². The Morgan fingerprint density at radius 1 is 1.11 bits per heavy atom. The van der Waals surface area contributed by atoms with Crippen LogP contribution in [0.2, 0.25) is 0 Å². The molecule has 0 fully saturated rings. The van der Waals surface area contributed by atoms with E-state index in [2.05, 4.69) is 63.1 Å². The summed E-state index contributed by atoms with van der Waals surface area (Å²) in [5.41, 5.74) is 1.32. The molecule has 18 heavy (non-hydrogen) atoms. The molecule has 0 radical (unpaired) electrons. The molecule has 1 aromatic heterocycles. The van der Waals surface area contributed by atoms with E-state index in [1.807, 2.05) is 18.3 Å². The van der Waals surface area contributed by atoms with Gasteiger partial charge in [-0.05, 0) is 40.0 Å². The maximum atomic E-state index is 4.47. The van der Waals surface area contributed by atoms with Gasteiger partial charge in [-0.1, -0.05) is 37.3 Å². The van der Waals surface area contributed by atoms with E-state index in [9.17, 15) is 0 Å². The molecule has 2 aromatic rings. The SMILES string of the molecule is CCCN(Cc1ccccc1)c1ccc(Br)cn1. The van der Waals surface area contributed by atoms with Gasteiger partial charge in [0.05, 0.1) is 0 Å². The monoisotopic (exact) mass is 304 g/mol. The summed E-state index contributed by atoms with van der Waals surface area (Å²) < 4.78 is 1.02. The Balaban J connectivity index is 2.15. The molecule has 1 heterocycles. The Morgan fingerprint density at radius 2 is 1.89 bits per heavy atom. The molecule has 0 amide bonds.